The first kappa shape index (κ1) is 7.56. The average molecular weight is 155 g/mol. The highest BCUT2D eigenvalue weighted by Crippen LogP contribution is 2.45. The zero-order chi connectivity index (χ0) is 7.73. The highest BCUT2D eigenvalue weighted by atomic mass is 16.5. The smallest absolute Gasteiger partial charge is 0.0533 e. The van der Waals surface area contributed by atoms with Gasteiger partial charge >= 0.3 is 0 Å². The van der Waals surface area contributed by atoms with E-state index in [1.165, 1.54) is 32.4 Å². The molecule has 0 radical (unpaired) electrons. The first-order chi connectivity index (χ1) is 5.37. The van der Waals surface area contributed by atoms with Crippen LogP contribution in [0.3, 0.4) is 0 Å². The second kappa shape index (κ2) is 2.76. The lowest BCUT2D eigenvalue weighted by molar-refractivity contribution is 0.0762. The Morgan fingerprint density at radius 1 is 1.64 bits per heavy atom. The van der Waals surface area contributed by atoms with Gasteiger partial charge in [0, 0.05) is 19.1 Å². The molecule has 0 unspecified atom stereocenters. The average Bonchev–Trinajstić information content (AvgIpc) is 2.45. The van der Waals surface area contributed by atoms with Crippen LogP contribution in [0.4, 0.5) is 0 Å². The molecule has 2 fully saturated rings. The molecule has 1 N–H and O–H groups in total. The fourth-order valence-electron chi connectivity index (χ4n) is 2.79. The lowest BCUT2D eigenvalue weighted by Gasteiger charge is -2.26. The summed E-state index contributed by atoms with van der Waals surface area (Å²) >= 11 is 0. The summed E-state index contributed by atoms with van der Waals surface area (Å²) < 4.78 is 5.29. The van der Waals surface area contributed by atoms with E-state index < -0.39 is 0 Å². The maximum absolute atomic E-state index is 5.29. The first-order valence-electron chi connectivity index (χ1n) is 4.57. The summed E-state index contributed by atoms with van der Waals surface area (Å²) in [6, 6.07) is 0. The summed E-state index contributed by atoms with van der Waals surface area (Å²) in [4.78, 5) is 0. The molecule has 0 amide bonds. The van der Waals surface area contributed by atoms with Crippen molar-refractivity contribution in [3.63, 3.8) is 0 Å². The molecule has 0 aromatic carbocycles. The van der Waals surface area contributed by atoms with Gasteiger partial charge in [0.15, 0.2) is 0 Å². The van der Waals surface area contributed by atoms with Crippen molar-refractivity contribution < 1.29 is 4.74 Å². The molecule has 11 heavy (non-hydrogen) atoms. The van der Waals surface area contributed by atoms with Crippen LogP contribution in [-0.4, -0.2) is 26.8 Å². The predicted octanol–water partition coefficient (Wildman–Crippen LogP) is 1.02. The zero-order valence-corrected chi connectivity index (χ0v) is 7.23. The van der Waals surface area contributed by atoms with E-state index >= 15 is 0 Å². The van der Waals surface area contributed by atoms with Gasteiger partial charge in [0.25, 0.3) is 0 Å². The van der Waals surface area contributed by atoms with Gasteiger partial charge in [-0.2, -0.15) is 0 Å². The van der Waals surface area contributed by atoms with Crippen molar-refractivity contribution in [1.29, 1.82) is 0 Å². The molecule has 64 valence electrons. The van der Waals surface area contributed by atoms with Crippen LogP contribution in [0.2, 0.25) is 0 Å². The fourth-order valence-corrected chi connectivity index (χ4v) is 2.79. The lowest BCUT2D eigenvalue weighted by atomic mass is 9.82. The van der Waals surface area contributed by atoms with E-state index in [-0.39, 0.29) is 0 Å². The van der Waals surface area contributed by atoms with Crippen LogP contribution in [0.1, 0.15) is 19.3 Å². The summed E-state index contributed by atoms with van der Waals surface area (Å²) in [6.45, 7) is 3.37. The molecule has 0 aromatic heterocycles. The van der Waals surface area contributed by atoms with Crippen molar-refractivity contribution in [2.24, 2.45) is 11.3 Å². The molecular formula is C9H17NO. The molecule has 0 aromatic rings. The van der Waals surface area contributed by atoms with Gasteiger partial charge in [0.1, 0.15) is 0 Å². The molecule has 0 spiro atoms. The summed E-state index contributed by atoms with van der Waals surface area (Å²) in [5.41, 5.74) is 0.523. The standard InChI is InChI=1S/C9H17NO/c1-11-7-9-4-2-3-8(9)5-10-6-9/h8,10H,2-7H2,1H3/t8-,9+/m0/s1. The maximum Gasteiger partial charge on any atom is 0.0533 e. The summed E-state index contributed by atoms with van der Waals surface area (Å²) in [5.74, 6) is 0.905. The third-order valence-corrected chi connectivity index (χ3v) is 3.39. The molecule has 2 nitrogen and oxygen atoms in total. The Kier molecular flexibility index (Phi) is 1.90. The Morgan fingerprint density at radius 2 is 2.55 bits per heavy atom. The number of methoxy groups -OCH3 is 1. The number of rotatable bonds is 2. The topological polar surface area (TPSA) is 21.3 Å². The minimum atomic E-state index is 0.523. The van der Waals surface area contributed by atoms with Gasteiger partial charge in [-0.25, -0.2) is 0 Å². The minimum absolute atomic E-state index is 0.523. The zero-order valence-electron chi connectivity index (χ0n) is 7.23. The van der Waals surface area contributed by atoms with Crippen molar-refractivity contribution in [2.45, 2.75) is 19.3 Å². The minimum Gasteiger partial charge on any atom is -0.384 e. The largest absolute Gasteiger partial charge is 0.384 e. The Hall–Kier alpha value is -0.0800. The van der Waals surface area contributed by atoms with E-state index in [9.17, 15) is 0 Å². The van der Waals surface area contributed by atoms with Crippen molar-refractivity contribution in [3.05, 3.63) is 0 Å². The molecule has 1 saturated heterocycles. The number of hydrogen-bond acceptors (Lipinski definition) is 2. The third-order valence-electron chi connectivity index (χ3n) is 3.39. The van der Waals surface area contributed by atoms with Gasteiger partial charge in [-0.3, -0.25) is 0 Å². The molecular weight excluding hydrogens is 138 g/mol. The quantitative estimate of drug-likeness (QED) is 0.643. The van der Waals surface area contributed by atoms with Gasteiger partial charge in [-0.15, -0.1) is 0 Å². The SMILES string of the molecule is COC[C@]12CCC[C@H]1CNC2. The third kappa shape index (κ3) is 1.09. The first-order valence-corrected chi connectivity index (χ1v) is 4.57. The molecule has 2 atom stereocenters. The van der Waals surface area contributed by atoms with Crippen LogP contribution in [0, 0.1) is 11.3 Å². The van der Waals surface area contributed by atoms with Gasteiger partial charge in [0.2, 0.25) is 0 Å². The molecule has 1 aliphatic carbocycles. The Labute approximate surface area is 68.3 Å². The molecule has 1 aliphatic heterocycles. The van der Waals surface area contributed by atoms with Gasteiger partial charge < -0.3 is 10.1 Å². The summed E-state index contributed by atoms with van der Waals surface area (Å²) in [6.07, 6.45) is 4.20. The van der Waals surface area contributed by atoms with Crippen LogP contribution in [0.5, 0.6) is 0 Å². The molecule has 2 rings (SSSR count). The Balaban J connectivity index is 2.07. The fraction of sp³-hybridized carbons (Fsp3) is 1.00. The monoisotopic (exact) mass is 155 g/mol. The van der Waals surface area contributed by atoms with E-state index in [1.807, 2.05) is 7.11 Å². The molecule has 1 saturated carbocycles. The van der Waals surface area contributed by atoms with E-state index in [2.05, 4.69) is 5.32 Å². The summed E-state index contributed by atoms with van der Waals surface area (Å²) in [5, 5.41) is 3.47. The van der Waals surface area contributed by atoms with Gasteiger partial charge in [0.05, 0.1) is 6.61 Å². The number of nitrogens with one attached hydrogen (secondary N) is 1. The van der Waals surface area contributed by atoms with Crippen molar-refractivity contribution in [1.82, 2.24) is 5.32 Å². The normalized spacial score (nSPS) is 42.8. The number of hydrogen-bond donors (Lipinski definition) is 1. The predicted molar refractivity (Wildman–Crippen MR) is 44.5 cm³/mol. The van der Waals surface area contributed by atoms with Gasteiger partial charge in [-0.1, -0.05) is 6.42 Å². The summed E-state index contributed by atoms with van der Waals surface area (Å²) in [7, 11) is 1.82. The van der Waals surface area contributed by atoms with E-state index in [4.69, 9.17) is 4.74 Å². The van der Waals surface area contributed by atoms with E-state index in [1.54, 1.807) is 0 Å². The Bertz CT molecular complexity index is 136. The highest BCUT2D eigenvalue weighted by molar-refractivity contribution is 4.98. The maximum atomic E-state index is 5.29. The van der Waals surface area contributed by atoms with Crippen LogP contribution in [-0.2, 0) is 4.74 Å². The molecule has 1 heterocycles. The van der Waals surface area contributed by atoms with Gasteiger partial charge in [-0.05, 0) is 25.3 Å². The second-order valence-electron chi connectivity index (χ2n) is 4.02. The van der Waals surface area contributed by atoms with Crippen molar-refractivity contribution in [3.8, 4) is 0 Å². The molecule has 0 bridgehead atoms. The Morgan fingerprint density at radius 3 is 3.36 bits per heavy atom. The number of ether oxygens (including phenoxy) is 1. The van der Waals surface area contributed by atoms with Crippen molar-refractivity contribution in [2.75, 3.05) is 26.8 Å². The van der Waals surface area contributed by atoms with Crippen LogP contribution in [0.25, 0.3) is 0 Å². The van der Waals surface area contributed by atoms with Crippen LogP contribution < -0.4 is 5.32 Å². The van der Waals surface area contributed by atoms with E-state index in [0.717, 1.165) is 12.5 Å². The molecule has 2 aliphatic rings. The van der Waals surface area contributed by atoms with Crippen LogP contribution in [0.15, 0.2) is 0 Å². The van der Waals surface area contributed by atoms with Crippen molar-refractivity contribution >= 4 is 0 Å². The van der Waals surface area contributed by atoms with E-state index in [0.29, 0.717) is 5.41 Å². The highest BCUT2D eigenvalue weighted by Gasteiger charge is 2.45. The molecule has 2 heteroatoms. The number of fused-ring (bicyclic) bond motifs is 1. The second-order valence-corrected chi connectivity index (χ2v) is 4.02. The lowest BCUT2D eigenvalue weighted by Crippen LogP contribution is -2.30. The van der Waals surface area contributed by atoms with Crippen LogP contribution >= 0.6 is 0 Å².